The molecule has 0 fully saturated rings. The summed E-state index contributed by atoms with van der Waals surface area (Å²) in [6, 6.07) is 8.47. The number of hydrogen-bond donors (Lipinski definition) is 2. The highest BCUT2D eigenvalue weighted by atomic mass is 16.1. The summed E-state index contributed by atoms with van der Waals surface area (Å²) < 4.78 is 0. The fourth-order valence-corrected chi connectivity index (χ4v) is 2.48. The third kappa shape index (κ3) is 4.32. The molecule has 0 saturated carbocycles. The standard InChI is InChI=1S/C16H27N3O/c1-5-14(17)16(13-9-7-8-12(3)10-13)19(6-2)11-15(20)18-4/h7-10,14,16H,5-6,11,17H2,1-4H3,(H,18,20). The van der Waals surface area contributed by atoms with Crippen LogP contribution < -0.4 is 11.1 Å². The lowest BCUT2D eigenvalue weighted by atomic mass is 9.95. The van der Waals surface area contributed by atoms with Crippen molar-refractivity contribution in [3.63, 3.8) is 0 Å². The molecule has 1 aromatic carbocycles. The van der Waals surface area contributed by atoms with Gasteiger partial charge in [-0.15, -0.1) is 0 Å². The van der Waals surface area contributed by atoms with Crippen LogP contribution in [0.2, 0.25) is 0 Å². The van der Waals surface area contributed by atoms with Gasteiger partial charge in [0.1, 0.15) is 0 Å². The monoisotopic (exact) mass is 277 g/mol. The molecule has 0 saturated heterocycles. The Morgan fingerprint density at radius 2 is 2.10 bits per heavy atom. The molecule has 1 rings (SSSR count). The van der Waals surface area contributed by atoms with Gasteiger partial charge in [0, 0.05) is 13.1 Å². The third-order valence-electron chi connectivity index (χ3n) is 3.69. The molecule has 0 spiro atoms. The lowest BCUT2D eigenvalue weighted by molar-refractivity contribution is -0.122. The number of amides is 1. The molecule has 2 unspecified atom stereocenters. The molecule has 0 bridgehead atoms. The van der Waals surface area contributed by atoms with Crippen molar-refractivity contribution in [3.8, 4) is 0 Å². The minimum atomic E-state index is 0.0152. The Bertz CT molecular complexity index is 433. The molecule has 20 heavy (non-hydrogen) atoms. The van der Waals surface area contributed by atoms with Crippen LogP contribution in [0.3, 0.4) is 0 Å². The van der Waals surface area contributed by atoms with E-state index in [2.05, 4.69) is 49.2 Å². The predicted molar refractivity (Wildman–Crippen MR) is 83.5 cm³/mol. The second kappa shape index (κ2) is 8.02. The fraction of sp³-hybridized carbons (Fsp3) is 0.562. The van der Waals surface area contributed by atoms with E-state index in [1.54, 1.807) is 7.05 Å². The summed E-state index contributed by atoms with van der Waals surface area (Å²) >= 11 is 0. The van der Waals surface area contributed by atoms with Crippen LogP contribution in [0, 0.1) is 6.92 Å². The Hall–Kier alpha value is -1.39. The number of nitrogens with zero attached hydrogens (tertiary/aromatic N) is 1. The molecule has 112 valence electrons. The number of hydrogen-bond acceptors (Lipinski definition) is 3. The van der Waals surface area contributed by atoms with Gasteiger partial charge in [-0.3, -0.25) is 9.69 Å². The van der Waals surface area contributed by atoms with E-state index in [-0.39, 0.29) is 18.0 Å². The van der Waals surface area contributed by atoms with Crippen LogP contribution in [0.5, 0.6) is 0 Å². The Balaban J connectivity index is 3.06. The number of aryl methyl sites for hydroxylation is 1. The first-order valence-electron chi connectivity index (χ1n) is 7.30. The molecule has 0 aliphatic heterocycles. The summed E-state index contributed by atoms with van der Waals surface area (Å²) in [5.41, 5.74) is 8.72. The third-order valence-corrected chi connectivity index (χ3v) is 3.69. The van der Waals surface area contributed by atoms with Crippen LogP contribution in [0.1, 0.15) is 37.4 Å². The molecule has 0 aromatic heterocycles. The molecular formula is C16H27N3O. The molecule has 0 aliphatic rings. The molecule has 0 aliphatic carbocycles. The number of carbonyl (C=O) groups is 1. The fourth-order valence-electron chi connectivity index (χ4n) is 2.48. The number of nitrogens with two attached hydrogens (primary N) is 1. The van der Waals surface area contributed by atoms with Gasteiger partial charge in [-0.25, -0.2) is 0 Å². The maximum Gasteiger partial charge on any atom is 0.233 e. The van der Waals surface area contributed by atoms with Gasteiger partial charge in [-0.1, -0.05) is 43.7 Å². The number of benzene rings is 1. The smallest absolute Gasteiger partial charge is 0.233 e. The summed E-state index contributed by atoms with van der Waals surface area (Å²) in [4.78, 5) is 13.8. The summed E-state index contributed by atoms with van der Waals surface area (Å²) in [7, 11) is 1.66. The Morgan fingerprint density at radius 1 is 1.40 bits per heavy atom. The molecule has 0 radical (unpaired) electrons. The summed E-state index contributed by atoms with van der Waals surface area (Å²) in [6.07, 6.45) is 0.878. The molecule has 4 heteroatoms. The maximum atomic E-state index is 11.7. The van der Waals surface area contributed by atoms with Gasteiger partial charge >= 0.3 is 0 Å². The molecule has 1 aromatic rings. The lowest BCUT2D eigenvalue weighted by Crippen LogP contribution is -2.45. The average molecular weight is 277 g/mol. The van der Waals surface area contributed by atoms with Gasteiger partial charge in [0.05, 0.1) is 12.6 Å². The van der Waals surface area contributed by atoms with Gasteiger partial charge in [0.25, 0.3) is 0 Å². The average Bonchev–Trinajstić information content (AvgIpc) is 2.45. The summed E-state index contributed by atoms with van der Waals surface area (Å²) in [5, 5.41) is 2.68. The van der Waals surface area contributed by atoms with Crippen LogP contribution in [-0.2, 0) is 4.79 Å². The van der Waals surface area contributed by atoms with E-state index in [1.165, 1.54) is 11.1 Å². The van der Waals surface area contributed by atoms with Crippen molar-refractivity contribution in [3.05, 3.63) is 35.4 Å². The molecule has 2 atom stereocenters. The number of carbonyl (C=O) groups excluding carboxylic acids is 1. The van der Waals surface area contributed by atoms with E-state index < -0.39 is 0 Å². The van der Waals surface area contributed by atoms with Gasteiger partial charge in [-0.05, 0) is 25.5 Å². The van der Waals surface area contributed by atoms with E-state index >= 15 is 0 Å². The highest BCUT2D eigenvalue weighted by molar-refractivity contribution is 5.77. The van der Waals surface area contributed by atoms with E-state index in [1.807, 2.05) is 6.07 Å². The minimum Gasteiger partial charge on any atom is -0.358 e. The molecule has 3 N–H and O–H groups in total. The van der Waals surface area contributed by atoms with Crippen molar-refractivity contribution in [2.45, 2.75) is 39.3 Å². The van der Waals surface area contributed by atoms with E-state index in [9.17, 15) is 4.79 Å². The van der Waals surface area contributed by atoms with Gasteiger partial charge in [0.15, 0.2) is 0 Å². The van der Waals surface area contributed by atoms with Gasteiger partial charge in [0.2, 0.25) is 5.91 Å². The van der Waals surface area contributed by atoms with E-state index in [0.717, 1.165) is 13.0 Å². The summed E-state index contributed by atoms with van der Waals surface area (Å²) in [5.74, 6) is 0.0211. The highest BCUT2D eigenvalue weighted by Gasteiger charge is 2.26. The number of rotatable bonds is 7. The SMILES string of the molecule is CCC(N)C(c1cccc(C)c1)N(CC)CC(=O)NC. The topological polar surface area (TPSA) is 58.4 Å². The molecule has 4 nitrogen and oxygen atoms in total. The number of likely N-dealkylation sites (N-methyl/N-ethyl adjacent to an activating group) is 2. The van der Waals surface area contributed by atoms with Crippen molar-refractivity contribution in [1.29, 1.82) is 0 Å². The Morgan fingerprint density at radius 3 is 2.60 bits per heavy atom. The van der Waals surface area contributed by atoms with Crippen LogP contribution >= 0.6 is 0 Å². The van der Waals surface area contributed by atoms with Crippen LogP contribution in [0.25, 0.3) is 0 Å². The first-order valence-corrected chi connectivity index (χ1v) is 7.30. The second-order valence-corrected chi connectivity index (χ2v) is 5.17. The predicted octanol–water partition coefficient (Wildman–Crippen LogP) is 1.84. The zero-order valence-corrected chi connectivity index (χ0v) is 13.0. The molecule has 0 heterocycles. The lowest BCUT2D eigenvalue weighted by Gasteiger charge is -2.34. The second-order valence-electron chi connectivity index (χ2n) is 5.17. The molecular weight excluding hydrogens is 250 g/mol. The first-order chi connectivity index (χ1) is 9.53. The van der Waals surface area contributed by atoms with Crippen LogP contribution in [0.4, 0.5) is 0 Å². The van der Waals surface area contributed by atoms with Crippen molar-refractivity contribution in [1.82, 2.24) is 10.2 Å². The van der Waals surface area contributed by atoms with E-state index in [4.69, 9.17) is 5.73 Å². The first kappa shape index (κ1) is 16.7. The Kier molecular flexibility index (Phi) is 6.68. The van der Waals surface area contributed by atoms with E-state index in [0.29, 0.717) is 6.54 Å². The molecule has 1 amide bonds. The maximum absolute atomic E-state index is 11.7. The Labute approximate surface area is 122 Å². The van der Waals surface area contributed by atoms with Gasteiger partial charge in [-0.2, -0.15) is 0 Å². The minimum absolute atomic E-state index is 0.0152. The summed E-state index contributed by atoms with van der Waals surface area (Å²) in [6.45, 7) is 7.39. The largest absolute Gasteiger partial charge is 0.358 e. The zero-order valence-electron chi connectivity index (χ0n) is 13.0. The van der Waals surface area contributed by atoms with Gasteiger partial charge < -0.3 is 11.1 Å². The number of nitrogens with one attached hydrogen (secondary N) is 1. The quantitative estimate of drug-likeness (QED) is 0.799. The van der Waals surface area contributed by atoms with Crippen molar-refractivity contribution in [2.24, 2.45) is 5.73 Å². The zero-order chi connectivity index (χ0) is 15.1. The highest BCUT2D eigenvalue weighted by Crippen LogP contribution is 2.25. The normalized spacial score (nSPS) is 14.1. The van der Waals surface area contributed by atoms with Crippen LogP contribution in [-0.4, -0.2) is 37.0 Å². The van der Waals surface area contributed by atoms with Crippen LogP contribution in [0.15, 0.2) is 24.3 Å². The van der Waals surface area contributed by atoms with Crippen molar-refractivity contribution in [2.75, 3.05) is 20.1 Å². The van der Waals surface area contributed by atoms with Crippen molar-refractivity contribution >= 4 is 5.91 Å². The van der Waals surface area contributed by atoms with Crippen molar-refractivity contribution < 1.29 is 4.79 Å².